The first-order valence-corrected chi connectivity index (χ1v) is 5.29. The fourth-order valence-corrected chi connectivity index (χ4v) is 2.19. The number of imidazole rings is 1. The van der Waals surface area contributed by atoms with Gasteiger partial charge in [-0.3, -0.25) is 0 Å². The van der Waals surface area contributed by atoms with Crippen LogP contribution in [0.1, 0.15) is 0 Å². The minimum atomic E-state index is 0.914. The molecule has 0 amide bonds. The van der Waals surface area contributed by atoms with Crippen LogP contribution in [0.5, 0.6) is 0 Å². The maximum Gasteiger partial charge on any atom is 0.172 e. The number of aromatic amines is 1. The van der Waals surface area contributed by atoms with Gasteiger partial charge >= 0.3 is 0 Å². The van der Waals surface area contributed by atoms with Gasteiger partial charge in [0.1, 0.15) is 11.2 Å². The van der Waals surface area contributed by atoms with Crippen molar-refractivity contribution in [3.05, 3.63) is 22.3 Å². The van der Waals surface area contributed by atoms with E-state index in [4.69, 9.17) is 0 Å². The van der Waals surface area contributed by atoms with Gasteiger partial charge in [0.05, 0.1) is 11.7 Å². The molecule has 0 aliphatic carbocycles. The van der Waals surface area contributed by atoms with Crippen LogP contribution in [0.15, 0.2) is 18.5 Å². The smallest absolute Gasteiger partial charge is 0.172 e. The highest BCUT2D eigenvalue weighted by molar-refractivity contribution is 14.1. The molecule has 0 aliphatic rings. The summed E-state index contributed by atoms with van der Waals surface area (Å²) in [5, 5.41) is 1.13. The molecule has 5 heteroatoms. The highest BCUT2D eigenvalue weighted by Gasteiger charge is 2.09. The Morgan fingerprint density at radius 1 is 1.50 bits per heavy atom. The molecule has 4 nitrogen and oxygen atoms in total. The molecule has 0 radical (unpaired) electrons. The van der Waals surface area contributed by atoms with Gasteiger partial charge in [-0.1, -0.05) is 0 Å². The zero-order valence-corrected chi connectivity index (χ0v) is 9.61. The predicted molar refractivity (Wildman–Crippen MR) is 63.1 cm³/mol. The van der Waals surface area contributed by atoms with Gasteiger partial charge in [0.15, 0.2) is 3.83 Å². The summed E-state index contributed by atoms with van der Waals surface area (Å²) in [5.74, 6) is 0. The number of hydrogen-bond acceptors (Lipinski definition) is 2. The van der Waals surface area contributed by atoms with Crippen molar-refractivity contribution in [3.8, 4) is 0 Å². The van der Waals surface area contributed by atoms with Gasteiger partial charge < -0.3 is 9.55 Å². The average Bonchev–Trinajstić information content (AvgIpc) is 2.72. The molecule has 0 aromatic carbocycles. The Kier molecular flexibility index (Phi) is 1.58. The molecule has 3 aromatic rings. The van der Waals surface area contributed by atoms with Gasteiger partial charge in [-0.05, 0) is 28.7 Å². The Hall–Kier alpha value is -1.11. The van der Waals surface area contributed by atoms with E-state index in [9.17, 15) is 0 Å². The predicted octanol–water partition coefficient (Wildman–Crippen LogP) is 2.05. The Balaban J connectivity index is 2.66. The summed E-state index contributed by atoms with van der Waals surface area (Å²) >= 11 is 2.22. The lowest BCUT2D eigenvalue weighted by molar-refractivity contribution is 0.911. The minimum absolute atomic E-state index is 0.914. The summed E-state index contributed by atoms with van der Waals surface area (Å²) in [6.07, 6.45) is 3.70. The Morgan fingerprint density at radius 3 is 3.21 bits per heavy atom. The van der Waals surface area contributed by atoms with E-state index in [1.165, 1.54) is 0 Å². The molecule has 0 spiro atoms. The van der Waals surface area contributed by atoms with Gasteiger partial charge in [-0.25, -0.2) is 9.97 Å². The second kappa shape index (κ2) is 2.69. The van der Waals surface area contributed by atoms with Crippen LogP contribution in [0, 0.1) is 3.83 Å². The van der Waals surface area contributed by atoms with Crippen molar-refractivity contribution in [1.82, 2.24) is 19.5 Å². The standard InChI is InChI=1S/C9H7IN4/c1-14-7-5-2-3-11-8(5)12-4-6(7)13-9(14)10/h2-4H,1H3,(H,11,12). The Morgan fingerprint density at radius 2 is 2.36 bits per heavy atom. The molecule has 3 aromatic heterocycles. The molecule has 0 unspecified atom stereocenters. The molecule has 3 heterocycles. The van der Waals surface area contributed by atoms with E-state index in [0.29, 0.717) is 0 Å². The van der Waals surface area contributed by atoms with E-state index in [1.807, 2.05) is 19.3 Å². The third kappa shape index (κ3) is 0.927. The van der Waals surface area contributed by atoms with Crippen molar-refractivity contribution in [2.75, 3.05) is 0 Å². The number of H-pyrrole nitrogens is 1. The average molecular weight is 298 g/mol. The molecule has 0 bridgehead atoms. The minimum Gasteiger partial charge on any atom is -0.346 e. The first-order chi connectivity index (χ1) is 6.77. The largest absolute Gasteiger partial charge is 0.346 e. The van der Waals surface area contributed by atoms with Crippen molar-refractivity contribution in [1.29, 1.82) is 0 Å². The second-order valence-corrected chi connectivity index (χ2v) is 4.14. The number of nitrogens with zero attached hydrogens (tertiary/aromatic N) is 3. The number of nitrogens with one attached hydrogen (secondary N) is 1. The van der Waals surface area contributed by atoms with Crippen molar-refractivity contribution in [2.45, 2.75) is 0 Å². The van der Waals surface area contributed by atoms with Crippen LogP contribution in [0.3, 0.4) is 0 Å². The van der Waals surface area contributed by atoms with Crippen molar-refractivity contribution < 1.29 is 0 Å². The number of hydrogen-bond donors (Lipinski definition) is 1. The molecule has 0 aliphatic heterocycles. The topological polar surface area (TPSA) is 46.5 Å². The molecule has 0 atom stereocenters. The second-order valence-electron chi connectivity index (χ2n) is 3.17. The molecule has 0 saturated carbocycles. The van der Waals surface area contributed by atoms with Gasteiger partial charge in [0.25, 0.3) is 0 Å². The monoisotopic (exact) mass is 298 g/mol. The molecule has 3 rings (SSSR count). The van der Waals surface area contributed by atoms with Crippen LogP contribution in [-0.2, 0) is 7.05 Å². The van der Waals surface area contributed by atoms with E-state index in [1.54, 1.807) is 6.20 Å². The number of pyridine rings is 1. The fraction of sp³-hybridized carbons (Fsp3) is 0.111. The van der Waals surface area contributed by atoms with Crippen LogP contribution in [-0.4, -0.2) is 19.5 Å². The number of halogens is 1. The van der Waals surface area contributed by atoms with E-state index in [-0.39, 0.29) is 0 Å². The summed E-state index contributed by atoms with van der Waals surface area (Å²) in [6, 6.07) is 2.03. The molecule has 0 fully saturated rings. The Labute approximate surface area is 93.5 Å². The summed E-state index contributed by atoms with van der Waals surface area (Å²) in [5.41, 5.74) is 3.00. The number of fused-ring (bicyclic) bond motifs is 3. The number of aryl methyl sites for hydroxylation is 1. The van der Waals surface area contributed by atoms with Gasteiger partial charge in [-0.15, -0.1) is 0 Å². The fourth-order valence-electron chi connectivity index (χ4n) is 1.68. The molecular formula is C9H7IN4. The lowest BCUT2D eigenvalue weighted by Gasteiger charge is -1.96. The van der Waals surface area contributed by atoms with Crippen LogP contribution < -0.4 is 0 Å². The van der Waals surface area contributed by atoms with E-state index < -0.39 is 0 Å². The van der Waals surface area contributed by atoms with Crippen LogP contribution >= 0.6 is 22.6 Å². The lowest BCUT2D eigenvalue weighted by Crippen LogP contribution is -1.90. The van der Waals surface area contributed by atoms with E-state index >= 15 is 0 Å². The van der Waals surface area contributed by atoms with Gasteiger partial charge in [0.2, 0.25) is 0 Å². The number of rotatable bonds is 0. The zero-order valence-electron chi connectivity index (χ0n) is 7.45. The van der Waals surface area contributed by atoms with Crippen LogP contribution in [0.25, 0.3) is 22.1 Å². The van der Waals surface area contributed by atoms with Gasteiger partial charge in [0, 0.05) is 18.6 Å². The quantitative estimate of drug-likeness (QED) is 0.646. The Bertz CT molecular complexity index is 622. The maximum absolute atomic E-state index is 4.42. The summed E-state index contributed by atoms with van der Waals surface area (Å²) in [4.78, 5) is 11.8. The van der Waals surface area contributed by atoms with Crippen LogP contribution in [0.2, 0.25) is 0 Å². The normalized spacial score (nSPS) is 11.6. The van der Waals surface area contributed by atoms with Crippen molar-refractivity contribution in [3.63, 3.8) is 0 Å². The maximum atomic E-state index is 4.42. The van der Waals surface area contributed by atoms with E-state index in [2.05, 4.69) is 42.1 Å². The molecular weight excluding hydrogens is 291 g/mol. The first kappa shape index (κ1) is 8.22. The molecule has 70 valence electrons. The van der Waals surface area contributed by atoms with E-state index in [0.717, 1.165) is 25.9 Å². The van der Waals surface area contributed by atoms with Crippen LogP contribution in [0.4, 0.5) is 0 Å². The lowest BCUT2D eigenvalue weighted by atomic mass is 10.3. The third-order valence-corrected chi connectivity index (χ3v) is 3.33. The molecule has 0 saturated heterocycles. The highest BCUT2D eigenvalue weighted by Crippen LogP contribution is 2.23. The number of aromatic nitrogens is 4. The SMILES string of the molecule is Cn1c(I)nc2cnc3[nH]ccc3c21. The summed E-state index contributed by atoms with van der Waals surface area (Å²) in [6.45, 7) is 0. The summed E-state index contributed by atoms with van der Waals surface area (Å²) in [7, 11) is 2.02. The first-order valence-electron chi connectivity index (χ1n) is 4.21. The molecule has 1 N–H and O–H groups in total. The molecule has 14 heavy (non-hydrogen) atoms. The van der Waals surface area contributed by atoms with Crippen molar-refractivity contribution in [2.24, 2.45) is 7.05 Å². The van der Waals surface area contributed by atoms with Gasteiger partial charge in [-0.2, -0.15) is 0 Å². The highest BCUT2D eigenvalue weighted by atomic mass is 127. The van der Waals surface area contributed by atoms with Crippen molar-refractivity contribution >= 4 is 44.7 Å². The zero-order chi connectivity index (χ0) is 9.71. The third-order valence-electron chi connectivity index (χ3n) is 2.36. The summed E-state index contributed by atoms with van der Waals surface area (Å²) < 4.78 is 3.06.